The predicted molar refractivity (Wildman–Crippen MR) is 56.6 cm³/mol. The van der Waals surface area contributed by atoms with Gasteiger partial charge in [0.1, 0.15) is 6.07 Å². The first-order valence-electron chi connectivity index (χ1n) is 4.35. The molecule has 0 aromatic heterocycles. The van der Waals surface area contributed by atoms with Crippen LogP contribution in [-0.2, 0) is 16.0 Å². The standard InChI is InChI=1S/C11H10ClNO2/c1-7-3-4-8(5-10(14)15-2)9(6-13)11(7)12/h3-4H,5H2,1-2H3. The highest BCUT2D eigenvalue weighted by Crippen LogP contribution is 2.23. The van der Waals surface area contributed by atoms with Crippen LogP contribution in [0.25, 0.3) is 0 Å². The summed E-state index contributed by atoms with van der Waals surface area (Å²) >= 11 is 5.95. The van der Waals surface area contributed by atoms with Gasteiger partial charge in [-0.2, -0.15) is 5.26 Å². The van der Waals surface area contributed by atoms with Gasteiger partial charge in [-0.3, -0.25) is 4.79 Å². The molecule has 0 unspecified atom stereocenters. The minimum absolute atomic E-state index is 0.0688. The van der Waals surface area contributed by atoms with Crippen LogP contribution < -0.4 is 0 Å². The van der Waals surface area contributed by atoms with Gasteiger partial charge in [0.15, 0.2) is 0 Å². The van der Waals surface area contributed by atoms with Gasteiger partial charge >= 0.3 is 5.97 Å². The third-order valence-corrected chi connectivity index (χ3v) is 2.58. The molecule has 0 saturated heterocycles. The van der Waals surface area contributed by atoms with Gasteiger partial charge in [0.25, 0.3) is 0 Å². The highest BCUT2D eigenvalue weighted by Gasteiger charge is 2.12. The first kappa shape index (κ1) is 11.5. The number of nitrogens with zero attached hydrogens (tertiary/aromatic N) is 1. The van der Waals surface area contributed by atoms with Gasteiger partial charge in [0.05, 0.1) is 24.1 Å². The molecular weight excluding hydrogens is 214 g/mol. The van der Waals surface area contributed by atoms with Crippen molar-refractivity contribution in [1.82, 2.24) is 0 Å². The zero-order valence-electron chi connectivity index (χ0n) is 8.50. The maximum absolute atomic E-state index is 11.1. The summed E-state index contributed by atoms with van der Waals surface area (Å²) in [5, 5.41) is 9.32. The number of carbonyl (C=O) groups is 1. The molecule has 0 aliphatic carbocycles. The van der Waals surface area contributed by atoms with Crippen molar-refractivity contribution >= 4 is 17.6 Å². The fourth-order valence-electron chi connectivity index (χ4n) is 1.22. The van der Waals surface area contributed by atoms with Crippen molar-refractivity contribution in [3.05, 3.63) is 33.8 Å². The Morgan fingerprint density at radius 3 is 2.80 bits per heavy atom. The fourth-order valence-corrected chi connectivity index (χ4v) is 1.44. The zero-order chi connectivity index (χ0) is 11.4. The minimum atomic E-state index is -0.383. The van der Waals surface area contributed by atoms with Crippen molar-refractivity contribution in [2.24, 2.45) is 0 Å². The molecule has 0 saturated carbocycles. The summed E-state index contributed by atoms with van der Waals surface area (Å²) in [5.41, 5.74) is 1.77. The van der Waals surface area contributed by atoms with E-state index in [9.17, 15) is 4.79 Å². The molecule has 1 aromatic rings. The van der Waals surface area contributed by atoms with E-state index in [0.29, 0.717) is 16.1 Å². The number of esters is 1. The lowest BCUT2D eigenvalue weighted by atomic mass is 10.0. The molecule has 1 rings (SSSR count). The Labute approximate surface area is 93.2 Å². The summed E-state index contributed by atoms with van der Waals surface area (Å²) in [5.74, 6) is -0.383. The van der Waals surface area contributed by atoms with Crippen LogP contribution >= 0.6 is 11.6 Å². The van der Waals surface area contributed by atoms with Crippen molar-refractivity contribution < 1.29 is 9.53 Å². The van der Waals surface area contributed by atoms with Gasteiger partial charge in [-0.15, -0.1) is 0 Å². The number of halogens is 1. The van der Waals surface area contributed by atoms with E-state index >= 15 is 0 Å². The lowest BCUT2D eigenvalue weighted by Gasteiger charge is -2.06. The van der Waals surface area contributed by atoms with E-state index in [-0.39, 0.29) is 12.4 Å². The monoisotopic (exact) mass is 223 g/mol. The molecule has 0 aliphatic heterocycles. The lowest BCUT2D eigenvalue weighted by Crippen LogP contribution is -2.06. The van der Waals surface area contributed by atoms with E-state index in [1.165, 1.54) is 7.11 Å². The number of rotatable bonds is 2. The van der Waals surface area contributed by atoms with Crippen molar-refractivity contribution in [1.29, 1.82) is 5.26 Å². The normalized spacial score (nSPS) is 9.47. The molecule has 0 fully saturated rings. The highest BCUT2D eigenvalue weighted by molar-refractivity contribution is 6.32. The van der Waals surface area contributed by atoms with Crippen LogP contribution in [0, 0.1) is 18.3 Å². The second kappa shape index (κ2) is 4.81. The molecule has 4 heteroatoms. The summed E-state index contributed by atoms with van der Waals surface area (Å²) in [6.07, 6.45) is 0.0688. The summed E-state index contributed by atoms with van der Waals surface area (Å²) in [4.78, 5) is 11.1. The zero-order valence-corrected chi connectivity index (χ0v) is 9.26. The average molecular weight is 224 g/mol. The summed E-state index contributed by atoms with van der Waals surface area (Å²) < 4.78 is 4.53. The molecule has 0 amide bonds. The molecule has 0 aliphatic rings. The molecule has 78 valence electrons. The quantitative estimate of drug-likeness (QED) is 0.723. The Kier molecular flexibility index (Phi) is 3.70. The van der Waals surface area contributed by atoms with E-state index in [1.807, 2.05) is 13.0 Å². The Morgan fingerprint density at radius 1 is 1.60 bits per heavy atom. The molecule has 3 nitrogen and oxygen atoms in total. The maximum Gasteiger partial charge on any atom is 0.310 e. The topological polar surface area (TPSA) is 50.1 Å². The largest absolute Gasteiger partial charge is 0.469 e. The van der Waals surface area contributed by atoms with Crippen LogP contribution in [0.15, 0.2) is 12.1 Å². The summed E-state index contributed by atoms with van der Waals surface area (Å²) in [7, 11) is 1.31. The molecule has 15 heavy (non-hydrogen) atoms. The predicted octanol–water partition coefficient (Wildman–Crippen LogP) is 2.24. The van der Waals surface area contributed by atoms with Gasteiger partial charge in [0, 0.05) is 0 Å². The van der Waals surface area contributed by atoms with Crippen molar-refractivity contribution in [2.75, 3.05) is 7.11 Å². The van der Waals surface area contributed by atoms with Crippen molar-refractivity contribution in [2.45, 2.75) is 13.3 Å². The SMILES string of the molecule is COC(=O)Cc1ccc(C)c(Cl)c1C#N. The Bertz CT molecular complexity index is 435. The number of nitriles is 1. The van der Waals surface area contributed by atoms with E-state index in [0.717, 1.165) is 5.56 Å². The van der Waals surface area contributed by atoms with E-state index in [2.05, 4.69) is 4.74 Å². The lowest BCUT2D eigenvalue weighted by molar-refractivity contribution is -0.139. The fraction of sp³-hybridized carbons (Fsp3) is 0.273. The van der Waals surface area contributed by atoms with Gasteiger partial charge < -0.3 is 4.74 Å². The number of ether oxygens (including phenoxy) is 1. The molecule has 0 spiro atoms. The van der Waals surface area contributed by atoms with Gasteiger partial charge in [0.2, 0.25) is 0 Å². The van der Waals surface area contributed by atoms with Crippen LogP contribution in [0.4, 0.5) is 0 Å². The number of hydrogen-bond donors (Lipinski definition) is 0. The molecule has 0 N–H and O–H groups in total. The summed E-state index contributed by atoms with van der Waals surface area (Å²) in [6, 6.07) is 5.49. The first-order valence-corrected chi connectivity index (χ1v) is 4.72. The number of aryl methyl sites for hydroxylation is 1. The van der Waals surface area contributed by atoms with Crippen LogP contribution in [0.5, 0.6) is 0 Å². The van der Waals surface area contributed by atoms with Gasteiger partial charge in [-0.25, -0.2) is 0 Å². The van der Waals surface area contributed by atoms with Gasteiger partial charge in [-0.05, 0) is 18.1 Å². The molecule has 0 heterocycles. The minimum Gasteiger partial charge on any atom is -0.469 e. The molecule has 0 bridgehead atoms. The van der Waals surface area contributed by atoms with Crippen molar-refractivity contribution in [3.63, 3.8) is 0 Å². The van der Waals surface area contributed by atoms with Crippen molar-refractivity contribution in [3.8, 4) is 6.07 Å². The van der Waals surface area contributed by atoms with Crippen LogP contribution in [0.2, 0.25) is 5.02 Å². The Morgan fingerprint density at radius 2 is 2.27 bits per heavy atom. The maximum atomic E-state index is 11.1. The number of carbonyl (C=O) groups excluding carboxylic acids is 1. The van der Waals surface area contributed by atoms with Gasteiger partial charge in [-0.1, -0.05) is 23.7 Å². The third-order valence-electron chi connectivity index (χ3n) is 2.10. The van der Waals surface area contributed by atoms with E-state index in [1.54, 1.807) is 12.1 Å². The third kappa shape index (κ3) is 2.48. The molecule has 0 radical (unpaired) electrons. The smallest absolute Gasteiger partial charge is 0.310 e. The number of methoxy groups -OCH3 is 1. The van der Waals surface area contributed by atoms with E-state index in [4.69, 9.17) is 16.9 Å². The van der Waals surface area contributed by atoms with Crippen LogP contribution in [0.1, 0.15) is 16.7 Å². The number of benzene rings is 1. The molecule has 1 aromatic carbocycles. The number of hydrogen-bond acceptors (Lipinski definition) is 3. The van der Waals surface area contributed by atoms with Crippen LogP contribution in [-0.4, -0.2) is 13.1 Å². The molecule has 0 atom stereocenters. The second-order valence-electron chi connectivity index (χ2n) is 3.10. The first-order chi connectivity index (χ1) is 7.10. The second-order valence-corrected chi connectivity index (χ2v) is 3.47. The average Bonchev–Trinajstić information content (AvgIpc) is 2.24. The Balaban J connectivity index is 3.15. The summed E-state index contributed by atoms with van der Waals surface area (Å²) in [6.45, 7) is 1.81. The van der Waals surface area contributed by atoms with Crippen LogP contribution in [0.3, 0.4) is 0 Å². The molecular formula is C11H10ClNO2. The van der Waals surface area contributed by atoms with E-state index < -0.39 is 0 Å². The Hall–Kier alpha value is -1.53. The highest BCUT2D eigenvalue weighted by atomic mass is 35.5.